The molecule has 0 aliphatic heterocycles. The normalized spacial score (nSPS) is 23.8. The second-order valence-electron chi connectivity index (χ2n) is 5.70. The second kappa shape index (κ2) is 6.86. The summed E-state index contributed by atoms with van der Waals surface area (Å²) in [5, 5.41) is 4.08. The molecule has 3 unspecified atom stereocenters. The molecule has 0 amide bonds. The first-order valence-electron chi connectivity index (χ1n) is 7.65. The highest BCUT2D eigenvalue weighted by molar-refractivity contribution is 5.76. The van der Waals surface area contributed by atoms with E-state index in [9.17, 15) is 4.79 Å². The summed E-state index contributed by atoms with van der Waals surface area (Å²) < 4.78 is 10.4. The molecule has 0 aromatic carbocycles. The van der Waals surface area contributed by atoms with Gasteiger partial charge in [-0.3, -0.25) is 4.79 Å². The lowest BCUT2D eigenvalue weighted by atomic mass is 10.0. The Bertz CT molecular complexity index is 444. The third kappa shape index (κ3) is 3.38. The quantitative estimate of drug-likeness (QED) is 0.747. The highest BCUT2D eigenvalue weighted by Crippen LogP contribution is 2.37. The van der Waals surface area contributed by atoms with Crippen LogP contribution in [0.15, 0.2) is 4.52 Å². The van der Waals surface area contributed by atoms with Gasteiger partial charge in [-0.25, -0.2) is 0 Å². The molecule has 1 aliphatic rings. The van der Waals surface area contributed by atoms with Crippen molar-refractivity contribution >= 4 is 5.97 Å². The molecule has 1 aliphatic carbocycles. The molecule has 0 saturated heterocycles. The van der Waals surface area contributed by atoms with Gasteiger partial charge in [0.05, 0.1) is 6.61 Å². The lowest BCUT2D eigenvalue weighted by molar-refractivity contribution is -0.145. The summed E-state index contributed by atoms with van der Waals surface area (Å²) in [7, 11) is 0. The van der Waals surface area contributed by atoms with E-state index >= 15 is 0 Å². The van der Waals surface area contributed by atoms with Gasteiger partial charge in [0.2, 0.25) is 5.89 Å². The first-order chi connectivity index (χ1) is 9.65. The second-order valence-corrected chi connectivity index (χ2v) is 5.70. The Morgan fingerprint density at radius 2 is 2.25 bits per heavy atom. The van der Waals surface area contributed by atoms with Crippen molar-refractivity contribution in [1.29, 1.82) is 0 Å². The van der Waals surface area contributed by atoms with E-state index in [1.807, 2.05) is 6.92 Å². The van der Waals surface area contributed by atoms with Gasteiger partial charge in [0, 0.05) is 5.92 Å². The van der Waals surface area contributed by atoms with Crippen LogP contribution in [0.4, 0.5) is 0 Å². The van der Waals surface area contributed by atoms with Gasteiger partial charge in [-0.15, -0.1) is 0 Å². The largest absolute Gasteiger partial charge is 0.465 e. The average molecular weight is 280 g/mol. The summed E-state index contributed by atoms with van der Waals surface area (Å²) in [6.45, 7) is 6.46. The lowest BCUT2D eigenvalue weighted by Gasteiger charge is -2.10. The van der Waals surface area contributed by atoms with Crippen LogP contribution in [-0.2, 0) is 9.53 Å². The van der Waals surface area contributed by atoms with Crippen molar-refractivity contribution in [3.8, 4) is 0 Å². The van der Waals surface area contributed by atoms with E-state index in [1.54, 1.807) is 6.92 Å². The van der Waals surface area contributed by atoms with Crippen LogP contribution in [0.5, 0.6) is 0 Å². The predicted octanol–water partition coefficient (Wildman–Crippen LogP) is 3.42. The zero-order chi connectivity index (χ0) is 14.5. The summed E-state index contributed by atoms with van der Waals surface area (Å²) >= 11 is 0. The topological polar surface area (TPSA) is 65.2 Å². The van der Waals surface area contributed by atoms with Gasteiger partial charge < -0.3 is 9.26 Å². The number of ether oxygens (including phenoxy) is 1. The fraction of sp³-hybridized carbons (Fsp3) is 0.800. The Hall–Kier alpha value is -1.39. The van der Waals surface area contributed by atoms with E-state index in [4.69, 9.17) is 9.26 Å². The summed E-state index contributed by atoms with van der Waals surface area (Å²) in [4.78, 5) is 16.4. The minimum Gasteiger partial charge on any atom is -0.465 e. The maximum atomic E-state index is 12.0. The van der Waals surface area contributed by atoms with Crippen molar-refractivity contribution in [3.05, 3.63) is 11.7 Å². The van der Waals surface area contributed by atoms with Gasteiger partial charge >= 0.3 is 5.97 Å². The molecule has 0 spiro atoms. The lowest BCUT2D eigenvalue weighted by Crippen LogP contribution is -2.16. The van der Waals surface area contributed by atoms with Gasteiger partial charge in [0.15, 0.2) is 5.82 Å². The summed E-state index contributed by atoms with van der Waals surface area (Å²) in [6.07, 6.45) is 4.99. The van der Waals surface area contributed by atoms with Crippen molar-refractivity contribution in [2.75, 3.05) is 6.61 Å². The number of nitrogens with zero attached hydrogens (tertiary/aromatic N) is 2. The zero-order valence-corrected chi connectivity index (χ0v) is 12.6. The summed E-state index contributed by atoms with van der Waals surface area (Å²) in [5.74, 6) is 1.60. The Morgan fingerprint density at radius 1 is 1.45 bits per heavy atom. The molecular weight excluding hydrogens is 256 g/mol. The molecule has 2 rings (SSSR count). The smallest absolute Gasteiger partial charge is 0.318 e. The van der Waals surface area contributed by atoms with Crippen molar-refractivity contribution in [1.82, 2.24) is 10.1 Å². The fourth-order valence-corrected chi connectivity index (χ4v) is 2.87. The number of carbonyl (C=O) groups excluding carboxylic acids is 1. The standard InChI is InChI=1S/C15H24N2O3/c1-4-6-12(15(18)19-5-2)14-16-13(17-20-14)11-8-7-10(3)9-11/h10-12H,4-9H2,1-3H3. The van der Waals surface area contributed by atoms with Crippen LogP contribution in [0.2, 0.25) is 0 Å². The Kier molecular flexibility index (Phi) is 5.15. The van der Waals surface area contributed by atoms with Crippen molar-refractivity contribution in [2.45, 2.75) is 64.7 Å². The van der Waals surface area contributed by atoms with E-state index in [2.05, 4.69) is 17.1 Å². The van der Waals surface area contributed by atoms with Gasteiger partial charge in [-0.1, -0.05) is 25.4 Å². The van der Waals surface area contributed by atoms with Crippen LogP contribution in [0, 0.1) is 5.92 Å². The van der Waals surface area contributed by atoms with E-state index in [0.29, 0.717) is 24.8 Å². The molecule has 1 heterocycles. The number of hydrogen-bond acceptors (Lipinski definition) is 5. The molecule has 1 fully saturated rings. The maximum absolute atomic E-state index is 12.0. The molecule has 1 aromatic rings. The first-order valence-corrected chi connectivity index (χ1v) is 7.65. The van der Waals surface area contributed by atoms with Crippen LogP contribution >= 0.6 is 0 Å². The number of aromatic nitrogens is 2. The summed E-state index contributed by atoms with van der Waals surface area (Å²) in [6, 6.07) is 0. The highest BCUT2D eigenvalue weighted by Gasteiger charge is 2.31. The fourth-order valence-electron chi connectivity index (χ4n) is 2.87. The number of hydrogen-bond donors (Lipinski definition) is 0. The van der Waals surface area contributed by atoms with Gasteiger partial charge in [-0.2, -0.15) is 4.98 Å². The molecule has 0 radical (unpaired) electrons. The van der Waals surface area contributed by atoms with Crippen molar-refractivity contribution < 1.29 is 14.1 Å². The third-order valence-electron chi connectivity index (χ3n) is 3.96. The highest BCUT2D eigenvalue weighted by atomic mass is 16.5. The van der Waals surface area contributed by atoms with Crippen LogP contribution in [0.1, 0.15) is 76.4 Å². The minimum absolute atomic E-state index is 0.260. The molecule has 5 nitrogen and oxygen atoms in total. The van der Waals surface area contributed by atoms with Crippen LogP contribution in [0.25, 0.3) is 0 Å². The first kappa shape index (κ1) is 15.0. The summed E-state index contributed by atoms with van der Waals surface area (Å²) in [5.41, 5.74) is 0. The van der Waals surface area contributed by atoms with E-state index in [-0.39, 0.29) is 5.97 Å². The molecule has 3 atom stereocenters. The Balaban J connectivity index is 2.10. The Morgan fingerprint density at radius 3 is 2.85 bits per heavy atom. The van der Waals surface area contributed by atoms with Gasteiger partial charge in [0.25, 0.3) is 0 Å². The van der Waals surface area contributed by atoms with Crippen LogP contribution < -0.4 is 0 Å². The minimum atomic E-state index is -0.417. The molecular formula is C15H24N2O3. The van der Waals surface area contributed by atoms with E-state index < -0.39 is 5.92 Å². The molecule has 1 saturated carbocycles. The maximum Gasteiger partial charge on any atom is 0.318 e. The van der Waals surface area contributed by atoms with Crippen molar-refractivity contribution in [3.63, 3.8) is 0 Å². The van der Waals surface area contributed by atoms with Crippen LogP contribution in [-0.4, -0.2) is 22.7 Å². The van der Waals surface area contributed by atoms with Crippen LogP contribution in [0.3, 0.4) is 0 Å². The molecule has 1 aromatic heterocycles. The average Bonchev–Trinajstić information content (AvgIpc) is 3.04. The van der Waals surface area contributed by atoms with E-state index in [0.717, 1.165) is 31.0 Å². The molecule has 0 N–H and O–H groups in total. The predicted molar refractivity (Wildman–Crippen MR) is 74.3 cm³/mol. The molecule has 0 bridgehead atoms. The third-order valence-corrected chi connectivity index (χ3v) is 3.96. The Labute approximate surface area is 120 Å². The van der Waals surface area contributed by atoms with Gasteiger partial charge in [-0.05, 0) is 38.5 Å². The molecule has 112 valence electrons. The number of esters is 1. The zero-order valence-electron chi connectivity index (χ0n) is 12.6. The number of rotatable bonds is 6. The SMILES string of the molecule is CCCC(C(=O)OCC)c1nc(C2CCC(C)C2)no1. The monoisotopic (exact) mass is 280 g/mol. The van der Waals surface area contributed by atoms with Crippen molar-refractivity contribution in [2.24, 2.45) is 5.92 Å². The van der Waals surface area contributed by atoms with Gasteiger partial charge in [0.1, 0.15) is 5.92 Å². The number of carbonyl (C=O) groups is 1. The molecule has 20 heavy (non-hydrogen) atoms. The van der Waals surface area contributed by atoms with E-state index in [1.165, 1.54) is 6.42 Å². The molecule has 5 heteroatoms.